The van der Waals surface area contributed by atoms with E-state index in [1.807, 2.05) is 6.20 Å². The van der Waals surface area contributed by atoms with Crippen LogP contribution in [0.4, 0.5) is 0 Å². The van der Waals surface area contributed by atoms with Crippen molar-refractivity contribution < 1.29 is 4.43 Å². The molecule has 0 saturated heterocycles. The van der Waals surface area contributed by atoms with E-state index in [9.17, 15) is 0 Å². The van der Waals surface area contributed by atoms with E-state index in [-0.39, 0.29) is 0 Å². The normalized spacial score (nSPS) is 15.7. The second kappa shape index (κ2) is 6.36. The molecule has 1 heterocycles. The van der Waals surface area contributed by atoms with Gasteiger partial charge in [0, 0.05) is 25.4 Å². The van der Waals surface area contributed by atoms with Crippen molar-refractivity contribution in [2.75, 3.05) is 6.61 Å². The maximum Gasteiger partial charge on any atom is 0.286 e. The lowest BCUT2D eigenvalue weighted by Gasteiger charge is -2.22. The summed E-state index contributed by atoms with van der Waals surface area (Å²) in [5.74, 6) is 1.13. The number of hydrogen-bond acceptors (Lipinski definition) is 2. The van der Waals surface area contributed by atoms with Gasteiger partial charge in [0.25, 0.3) is 7.63 Å². The van der Waals surface area contributed by atoms with Gasteiger partial charge in [0.15, 0.2) is 8.24 Å². The molecule has 3 nitrogen and oxygen atoms in total. The molecule has 0 aliphatic carbocycles. The molecule has 104 valence electrons. The maximum atomic E-state index is 6.40. The summed E-state index contributed by atoms with van der Waals surface area (Å²) < 4.78 is 8.21. The molecule has 0 saturated carbocycles. The first kappa shape index (κ1) is 15.9. The van der Waals surface area contributed by atoms with Crippen LogP contribution in [0, 0.1) is 0 Å². The Labute approximate surface area is 117 Å². The number of aromatic nitrogens is 2. The van der Waals surface area contributed by atoms with Crippen LogP contribution in [0.3, 0.4) is 0 Å². The van der Waals surface area contributed by atoms with Gasteiger partial charge in [-0.05, 0) is 12.6 Å². The Balaban J connectivity index is 2.53. The Hall–Kier alpha value is -0.106. The average molecular weight is 305 g/mol. The lowest BCUT2D eigenvalue weighted by molar-refractivity contribution is 0.316. The summed E-state index contributed by atoms with van der Waals surface area (Å²) in [4.78, 5) is 4.44. The fourth-order valence-corrected chi connectivity index (χ4v) is 5.83. The Morgan fingerprint density at radius 2 is 2.00 bits per heavy atom. The minimum absolute atomic E-state index is 0.688. The molecule has 18 heavy (non-hydrogen) atoms. The average Bonchev–Trinajstić information content (AvgIpc) is 2.64. The van der Waals surface area contributed by atoms with Gasteiger partial charge in [-0.3, -0.25) is 0 Å². The molecular weight excluding hydrogens is 280 g/mol. The molecule has 1 unspecified atom stereocenters. The lowest BCUT2D eigenvalue weighted by atomic mass is 10.4. The quantitative estimate of drug-likeness (QED) is 0.565. The lowest BCUT2D eigenvalue weighted by Crippen LogP contribution is -2.34. The molecule has 0 aliphatic rings. The highest BCUT2D eigenvalue weighted by Gasteiger charge is 2.25. The molecule has 0 aliphatic heterocycles. The fraction of sp³-hybridized carbons (Fsp3) is 0.750. The smallest absolute Gasteiger partial charge is 0.286 e. The first-order chi connectivity index (χ1) is 8.26. The Morgan fingerprint density at radius 3 is 2.56 bits per heavy atom. The van der Waals surface area contributed by atoms with E-state index in [0.717, 1.165) is 24.7 Å². The summed E-state index contributed by atoms with van der Waals surface area (Å²) in [5.41, 5.74) is 0. The number of rotatable bonds is 7. The molecule has 0 N–H and O–H groups in total. The zero-order valence-electron chi connectivity index (χ0n) is 12.2. The topological polar surface area (TPSA) is 27.1 Å². The second-order valence-electron chi connectivity index (χ2n) is 5.83. The van der Waals surface area contributed by atoms with E-state index < -0.39 is 15.9 Å². The molecule has 0 bridgehead atoms. The summed E-state index contributed by atoms with van der Waals surface area (Å²) >= 11 is 6.40. The summed E-state index contributed by atoms with van der Waals surface area (Å²) in [6.07, 6.45) is 5.92. The van der Waals surface area contributed by atoms with E-state index in [1.54, 1.807) is 0 Å². The van der Waals surface area contributed by atoms with Crippen LogP contribution in [0.5, 0.6) is 0 Å². The van der Waals surface area contributed by atoms with Crippen molar-refractivity contribution in [3.63, 3.8) is 0 Å². The minimum atomic E-state index is -1.95. The maximum absolute atomic E-state index is 6.40. The van der Waals surface area contributed by atoms with Crippen molar-refractivity contribution in [1.82, 2.24) is 9.22 Å². The van der Waals surface area contributed by atoms with Crippen LogP contribution in [0.1, 0.15) is 19.2 Å². The zero-order chi connectivity index (χ0) is 13.8. The number of halogens is 1. The number of hydrogen-bond donors (Lipinski definition) is 0. The van der Waals surface area contributed by atoms with Gasteiger partial charge in [-0.2, -0.15) is 0 Å². The first-order valence-electron chi connectivity index (χ1n) is 6.62. The van der Waals surface area contributed by atoms with Gasteiger partial charge in [0.05, 0.1) is 0 Å². The number of imidazole rings is 1. The largest absolute Gasteiger partial charge is 0.403 e. The van der Waals surface area contributed by atoms with Gasteiger partial charge >= 0.3 is 0 Å². The van der Waals surface area contributed by atoms with E-state index >= 15 is 0 Å². The summed E-state index contributed by atoms with van der Waals surface area (Å²) in [7, 11) is -3.31. The molecule has 0 spiro atoms. The molecule has 1 aromatic heterocycles. The van der Waals surface area contributed by atoms with Gasteiger partial charge < -0.3 is 8.66 Å². The predicted molar refractivity (Wildman–Crippen MR) is 83.2 cm³/mol. The molecule has 6 heteroatoms. The molecule has 1 rings (SSSR count). The second-order valence-corrected chi connectivity index (χ2v) is 16.0. The third-order valence-electron chi connectivity index (χ3n) is 2.87. The fourth-order valence-electron chi connectivity index (χ4n) is 2.00. The van der Waals surface area contributed by atoms with Gasteiger partial charge in [0.2, 0.25) is 0 Å². The third-order valence-corrected chi connectivity index (χ3v) is 7.81. The van der Waals surface area contributed by atoms with E-state index in [4.69, 9.17) is 15.5 Å². The minimum Gasteiger partial charge on any atom is -0.403 e. The number of nitrogens with zero attached hydrogens (tertiary/aromatic N) is 2. The van der Waals surface area contributed by atoms with Crippen molar-refractivity contribution in [1.29, 1.82) is 0 Å². The first-order valence-corrected chi connectivity index (χ1v) is 13.7. The molecule has 0 amide bonds. The summed E-state index contributed by atoms with van der Waals surface area (Å²) in [6, 6.07) is 1.01. The standard InChI is InChI=1S/C12H25ClN2OSi2/c1-6-11-18(5,13)16-10-7-12-14-8-9-15(12)17(2,3)4/h8-9H,6-7,10-11H2,1-5H3. The Bertz CT molecular complexity index is 374. The summed E-state index contributed by atoms with van der Waals surface area (Å²) in [5, 5.41) is 0. The van der Waals surface area contributed by atoms with Crippen LogP contribution in [-0.4, -0.2) is 31.7 Å². The molecule has 0 fully saturated rings. The molecule has 1 aromatic rings. The monoisotopic (exact) mass is 304 g/mol. The van der Waals surface area contributed by atoms with E-state index in [0.29, 0.717) is 6.61 Å². The van der Waals surface area contributed by atoms with Crippen molar-refractivity contribution in [3.8, 4) is 0 Å². The van der Waals surface area contributed by atoms with Crippen LogP contribution in [0.25, 0.3) is 0 Å². The SMILES string of the molecule is CCC[Si](C)(Cl)OCCc1nccn1[Si](C)(C)C. The third kappa shape index (κ3) is 4.87. The molecular formula is C12H25ClN2OSi2. The predicted octanol–water partition coefficient (Wildman–Crippen LogP) is 3.85. The van der Waals surface area contributed by atoms with E-state index in [2.05, 4.69) is 48.5 Å². The van der Waals surface area contributed by atoms with Crippen LogP contribution in [0.15, 0.2) is 12.4 Å². The van der Waals surface area contributed by atoms with Gasteiger partial charge in [-0.25, -0.2) is 4.98 Å². The van der Waals surface area contributed by atoms with Crippen LogP contribution in [0.2, 0.25) is 32.2 Å². The van der Waals surface area contributed by atoms with E-state index in [1.165, 1.54) is 0 Å². The van der Waals surface area contributed by atoms with Crippen molar-refractivity contribution in [2.24, 2.45) is 0 Å². The van der Waals surface area contributed by atoms with Crippen LogP contribution < -0.4 is 0 Å². The van der Waals surface area contributed by atoms with Gasteiger partial charge in [-0.1, -0.05) is 33.0 Å². The van der Waals surface area contributed by atoms with Crippen molar-refractivity contribution in [3.05, 3.63) is 18.2 Å². The molecule has 0 radical (unpaired) electrons. The van der Waals surface area contributed by atoms with Crippen LogP contribution >= 0.6 is 11.1 Å². The highest BCUT2D eigenvalue weighted by molar-refractivity contribution is 7.16. The molecule has 0 aromatic carbocycles. The Morgan fingerprint density at radius 1 is 1.33 bits per heavy atom. The molecule has 1 atom stereocenters. The summed E-state index contributed by atoms with van der Waals surface area (Å²) in [6.45, 7) is 11.9. The van der Waals surface area contributed by atoms with Gasteiger partial charge in [-0.15, -0.1) is 11.1 Å². The Kier molecular flexibility index (Phi) is 5.64. The highest BCUT2D eigenvalue weighted by atomic mass is 35.6. The zero-order valence-corrected chi connectivity index (χ0v) is 14.9. The van der Waals surface area contributed by atoms with Crippen molar-refractivity contribution >= 4 is 26.9 Å². The highest BCUT2D eigenvalue weighted by Crippen LogP contribution is 2.19. The van der Waals surface area contributed by atoms with Crippen molar-refractivity contribution in [2.45, 2.75) is 52.0 Å². The van der Waals surface area contributed by atoms with Gasteiger partial charge in [0.1, 0.15) is 5.82 Å². The van der Waals surface area contributed by atoms with Crippen LogP contribution in [-0.2, 0) is 10.8 Å².